The van der Waals surface area contributed by atoms with Crippen LogP contribution in [0.2, 0.25) is 0 Å². The third-order valence-corrected chi connectivity index (χ3v) is 3.74. The fourth-order valence-corrected chi connectivity index (χ4v) is 2.80. The van der Waals surface area contributed by atoms with Crippen LogP contribution < -0.4 is 5.73 Å². The van der Waals surface area contributed by atoms with Gasteiger partial charge in [-0.3, -0.25) is 9.78 Å². The average molecular weight is 271 g/mol. The number of carbonyl (C=O) groups excluding carboxylic acids is 1. The van der Waals surface area contributed by atoms with Crippen molar-refractivity contribution in [3.05, 3.63) is 42.2 Å². The first-order chi connectivity index (χ1) is 9.15. The molecule has 2 aromatic heterocycles. The maximum atomic E-state index is 11.2. The summed E-state index contributed by atoms with van der Waals surface area (Å²) in [6, 6.07) is 6.65. The van der Waals surface area contributed by atoms with E-state index in [1.807, 2.05) is 12.1 Å². The van der Waals surface area contributed by atoms with Gasteiger partial charge < -0.3 is 10.8 Å². The summed E-state index contributed by atoms with van der Waals surface area (Å²) >= 11 is 1.39. The highest BCUT2D eigenvalue weighted by molar-refractivity contribution is 7.21. The molecule has 1 amide bonds. The van der Waals surface area contributed by atoms with Crippen LogP contribution in [-0.4, -0.2) is 21.0 Å². The van der Waals surface area contributed by atoms with Crippen LogP contribution in [0.1, 0.15) is 10.4 Å². The number of aromatic hydroxyl groups is 1. The molecule has 0 aliphatic heterocycles. The van der Waals surface area contributed by atoms with Crippen LogP contribution in [0.4, 0.5) is 0 Å². The molecule has 1 aromatic carbocycles. The van der Waals surface area contributed by atoms with E-state index in [0.29, 0.717) is 5.52 Å². The Bertz CT molecular complexity index is 768. The zero-order valence-electron chi connectivity index (χ0n) is 9.70. The summed E-state index contributed by atoms with van der Waals surface area (Å²) in [6.07, 6.45) is 3.35. The van der Waals surface area contributed by atoms with Crippen molar-refractivity contribution in [1.82, 2.24) is 9.97 Å². The fourth-order valence-electron chi connectivity index (χ4n) is 1.77. The van der Waals surface area contributed by atoms with Crippen molar-refractivity contribution in [1.29, 1.82) is 0 Å². The molecule has 6 heteroatoms. The molecule has 94 valence electrons. The predicted molar refractivity (Wildman–Crippen MR) is 73.0 cm³/mol. The smallest absolute Gasteiger partial charge is 0.248 e. The summed E-state index contributed by atoms with van der Waals surface area (Å²) in [5.74, 6) is -0.612. The Morgan fingerprint density at radius 2 is 2.00 bits per heavy atom. The van der Waals surface area contributed by atoms with Gasteiger partial charge in [0.1, 0.15) is 16.3 Å². The van der Waals surface area contributed by atoms with Crippen molar-refractivity contribution in [2.24, 2.45) is 5.73 Å². The molecular formula is C13H9N3O2S. The van der Waals surface area contributed by atoms with Gasteiger partial charge in [0.25, 0.3) is 0 Å². The highest BCUT2D eigenvalue weighted by Gasteiger charge is 2.13. The molecule has 3 rings (SSSR count). The van der Waals surface area contributed by atoms with E-state index in [9.17, 15) is 9.90 Å². The highest BCUT2D eigenvalue weighted by Crippen LogP contribution is 2.35. The molecule has 0 radical (unpaired) electrons. The van der Waals surface area contributed by atoms with E-state index >= 15 is 0 Å². The van der Waals surface area contributed by atoms with Crippen molar-refractivity contribution in [2.45, 2.75) is 0 Å². The minimum atomic E-state index is -0.573. The number of hydrogen-bond acceptors (Lipinski definition) is 5. The van der Waals surface area contributed by atoms with Gasteiger partial charge in [0.2, 0.25) is 5.91 Å². The summed E-state index contributed by atoms with van der Waals surface area (Å²) < 4.78 is 0.723. The van der Waals surface area contributed by atoms with Gasteiger partial charge in [0.05, 0.1) is 4.70 Å². The second-order valence-electron chi connectivity index (χ2n) is 3.96. The number of nitrogens with zero attached hydrogens (tertiary/aromatic N) is 2. The number of primary amides is 1. The molecule has 3 aromatic rings. The predicted octanol–water partition coefficient (Wildman–Crippen LogP) is 2.16. The SMILES string of the molecule is NC(=O)c1cc(O)c2nc(-c3ccncc3)sc2c1. The van der Waals surface area contributed by atoms with Crippen LogP contribution in [0.25, 0.3) is 20.8 Å². The lowest BCUT2D eigenvalue weighted by molar-refractivity contribution is 0.1000. The quantitative estimate of drug-likeness (QED) is 0.747. The van der Waals surface area contributed by atoms with E-state index in [4.69, 9.17) is 5.73 Å². The standard InChI is InChI=1S/C13H9N3O2S/c14-12(18)8-5-9(17)11-10(6-8)19-13(16-11)7-1-3-15-4-2-7/h1-6,17H,(H2,14,18). The van der Waals surface area contributed by atoms with Gasteiger partial charge >= 0.3 is 0 Å². The summed E-state index contributed by atoms with van der Waals surface area (Å²) in [7, 11) is 0. The van der Waals surface area contributed by atoms with Gasteiger partial charge in [0.15, 0.2) is 0 Å². The van der Waals surface area contributed by atoms with E-state index < -0.39 is 5.91 Å². The minimum Gasteiger partial charge on any atom is -0.506 e. The van der Waals surface area contributed by atoms with E-state index in [2.05, 4.69) is 9.97 Å². The number of hydrogen-bond donors (Lipinski definition) is 2. The van der Waals surface area contributed by atoms with Gasteiger partial charge in [-0.2, -0.15) is 0 Å². The molecule has 0 unspecified atom stereocenters. The van der Waals surface area contributed by atoms with Crippen LogP contribution in [-0.2, 0) is 0 Å². The van der Waals surface area contributed by atoms with Gasteiger partial charge in [-0.15, -0.1) is 11.3 Å². The van der Waals surface area contributed by atoms with Crippen molar-refractivity contribution in [3.8, 4) is 16.3 Å². The maximum absolute atomic E-state index is 11.2. The fraction of sp³-hybridized carbons (Fsp3) is 0. The van der Waals surface area contributed by atoms with Gasteiger partial charge in [0, 0.05) is 23.5 Å². The molecule has 3 N–H and O–H groups in total. The lowest BCUT2D eigenvalue weighted by Gasteiger charge is -1.97. The summed E-state index contributed by atoms with van der Waals surface area (Å²) in [6.45, 7) is 0. The number of nitrogens with two attached hydrogens (primary N) is 1. The van der Waals surface area contributed by atoms with Gasteiger partial charge in [-0.25, -0.2) is 4.98 Å². The number of pyridine rings is 1. The van der Waals surface area contributed by atoms with Crippen LogP contribution in [0.5, 0.6) is 5.75 Å². The van der Waals surface area contributed by atoms with E-state index in [1.54, 1.807) is 18.5 Å². The maximum Gasteiger partial charge on any atom is 0.248 e. The zero-order valence-corrected chi connectivity index (χ0v) is 10.5. The molecule has 5 nitrogen and oxygen atoms in total. The van der Waals surface area contributed by atoms with E-state index in [1.165, 1.54) is 17.4 Å². The number of thiazole rings is 1. The van der Waals surface area contributed by atoms with Crippen LogP contribution in [0.3, 0.4) is 0 Å². The molecule has 0 fully saturated rings. The molecule has 0 atom stereocenters. The molecule has 0 aliphatic carbocycles. The molecule has 0 saturated heterocycles. The zero-order chi connectivity index (χ0) is 13.4. The number of amides is 1. The monoisotopic (exact) mass is 271 g/mol. The Morgan fingerprint density at radius 3 is 2.68 bits per heavy atom. The Kier molecular flexibility index (Phi) is 2.64. The Hall–Kier alpha value is -2.47. The molecule has 2 heterocycles. The first-order valence-electron chi connectivity index (χ1n) is 5.49. The van der Waals surface area contributed by atoms with Crippen LogP contribution >= 0.6 is 11.3 Å². The molecule has 0 aliphatic rings. The number of carbonyl (C=O) groups is 1. The third-order valence-electron chi connectivity index (χ3n) is 2.69. The molecule has 19 heavy (non-hydrogen) atoms. The molecule has 0 spiro atoms. The van der Waals surface area contributed by atoms with Crippen molar-refractivity contribution < 1.29 is 9.90 Å². The summed E-state index contributed by atoms with van der Waals surface area (Å²) in [4.78, 5) is 19.5. The molecule has 0 bridgehead atoms. The van der Waals surface area contributed by atoms with Crippen molar-refractivity contribution in [3.63, 3.8) is 0 Å². The normalized spacial score (nSPS) is 10.7. The first kappa shape index (κ1) is 11.6. The highest BCUT2D eigenvalue weighted by atomic mass is 32.1. The molecule has 0 saturated carbocycles. The second kappa shape index (κ2) is 4.33. The number of benzene rings is 1. The first-order valence-corrected chi connectivity index (χ1v) is 6.30. The Balaban J connectivity index is 2.21. The van der Waals surface area contributed by atoms with E-state index in [0.717, 1.165) is 15.3 Å². The van der Waals surface area contributed by atoms with E-state index in [-0.39, 0.29) is 11.3 Å². The average Bonchev–Trinajstić information content (AvgIpc) is 2.84. The second-order valence-corrected chi connectivity index (χ2v) is 4.99. The van der Waals surface area contributed by atoms with Crippen LogP contribution in [0, 0.1) is 0 Å². The Labute approximate surface area is 112 Å². The number of fused-ring (bicyclic) bond motifs is 1. The van der Waals surface area contributed by atoms with Crippen molar-refractivity contribution >= 4 is 27.5 Å². The number of rotatable bonds is 2. The van der Waals surface area contributed by atoms with Gasteiger partial charge in [-0.05, 0) is 24.3 Å². The lowest BCUT2D eigenvalue weighted by atomic mass is 10.2. The summed E-state index contributed by atoms with van der Waals surface area (Å²) in [5.41, 5.74) is 6.88. The summed E-state index contributed by atoms with van der Waals surface area (Å²) in [5, 5.41) is 10.6. The largest absolute Gasteiger partial charge is 0.506 e. The topological polar surface area (TPSA) is 89.1 Å². The lowest BCUT2D eigenvalue weighted by Crippen LogP contribution is -2.10. The minimum absolute atomic E-state index is 0.0390. The molecular weight excluding hydrogens is 262 g/mol. The number of aromatic nitrogens is 2. The number of phenols is 1. The van der Waals surface area contributed by atoms with Crippen LogP contribution in [0.15, 0.2) is 36.7 Å². The van der Waals surface area contributed by atoms with Gasteiger partial charge in [-0.1, -0.05) is 0 Å². The van der Waals surface area contributed by atoms with Crippen molar-refractivity contribution in [2.75, 3.05) is 0 Å². The Morgan fingerprint density at radius 1 is 1.26 bits per heavy atom. The number of phenolic OH excluding ortho intramolecular Hbond substituents is 1. The third kappa shape index (κ3) is 2.02.